The highest BCUT2D eigenvalue weighted by atomic mass is 32.1. The molecule has 1 unspecified atom stereocenters. The summed E-state index contributed by atoms with van der Waals surface area (Å²) in [6.07, 6.45) is 0.0673. The van der Waals surface area contributed by atoms with Crippen molar-refractivity contribution < 1.29 is 38.2 Å². The fourth-order valence-corrected chi connectivity index (χ4v) is 6.81. The summed E-state index contributed by atoms with van der Waals surface area (Å²) in [7, 11) is 1.58. The molecule has 0 spiro atoms. The molecule has 1 aromatic heterocycles. The second-order valence-electron chi connectivity index (χ2n) is 13.5. The van der Waals surface area contributed by atoms with Gasteiger partial charge in [-0.1, -0.05) is 30.3 Å². The predicted octanol–water partition coefficient (Wildman–Crippen LogP) is 5.10. The van der Waals surface area contributed by atoms with E-state index in [9.17, 15) is 24.0 Å². The number of nitrogens with zero attached hydrogens (tertiary/aromatic N) is 2. The first kappa shape index (κ1) is 33.8. The molecule has 0 radical (unpaired) electrons. The maximum Gasteiger partial charge on any atom is 0.397 e. The molecule has 11 nitrogen and oxygen atoms in total. The molecule has 0 fully saturated rings. The van der Waals surface area contributed by atoms with Gasteiger partial charge in [0.25, 0.3) is 5.91 Å². The van der Waals surface area contributed by atoms with Gasteiger partial charge in [0.2, 0.25) is 5.91 Å². The largest absolute Gasteiger partial charge is 0.497 e. The Labute approximate surface area is 277 Å². The standard InChI is InChI=1S/C35H39N3O8S/c1-34(2,3)45-32(42)27-24-16-25(31(41)38-18-21-10-8-9-11-23(21)30(38)40)37(17-20-12-14-22(44-7)15-13-20)19-26(24)47-29(27)36-28(39)33(43)46-35(4,5)6/h8-15,25H,16-19H2,1-7H3,(H,36,39). The molecule has 1 N–H and O–H groups in total. The third kappa shape index (κ3) is 7.55. The molecule has 47 heavy (non-hydrogen) atoms. The third-order valence-corrected chi connectivity index (χ3v) is 8.74. The van der Waals surface area contributed by atoms with Gasteiger partial charge in [-0.25, -0.2) is 9.59 Å². The van der Waals surface area contributed by atoms with Crippen LogP contribution < -0.4 is 10.1 Å². The Morgan fingerprint density at radius 1 is 0.915 bits per heavy atom. The smallest absolute Gasteiger partial charge is 0.397 e. The van der Waals surface area contributed by atoms with Gasteiger partial charge in [-0.15, -0.1) is 11.3 Å². The van der Waals surface area contributed by atoms with Gasteiger partial charge >= 0.3 is 17.8 Å². The summed E-state index contributed by atoms with van der Waals surface area (Å²) < 4.78 is 16.3. The summed E-state index contributed by atoms with van der Waals surface area (Å²) in [5.74, 6) is -2.91. The predicted molar refractivity (Wildman–Crippen MR) is 175 cm³/mol. The molecule has 248 valence electrons. The average molecular weight is 662 g/mol. The second-order valence-corrected chi connectivity index (χ2v) is 14.6. The fraction of sp³-hybridized carbons (Fsp3) is 0.400. The fourth-order valence-electron chi connectivity index (χ4n) is 5.57. The number of carbonyl (C=O) groups excluding carboxylic acids is 5. The lowest BCUT2D eigenvalue weighted by atomic mass is 9.94. The van der Waals surface area contributed by atoms with E-state index in [1.165, 1.54) is 4.90 Å². The van der Waals surface area contributed by atoms with Gasteiger partial charge in [-0.2, -0.15) is 0 Å². The summed E-state index contributed by atoms with van der Waals surface area (Å²) in [6.45, 7) is 10.8. The Morgan fingerprint density at radius 3 is 2.19 bits per heavy atom. The van der Waals surface area contributed by atoms with Crippen molar-refractivity contribution in [1.29, 1.82) is 0 Å². The lowest BCUT2D eigenvalue weighted by Gasteiger charge is -2.36. The van der Waals surface area contributed by atoms with Crippen LogP contribution >= 0.6 is 11.3 Å². The molecule has 2 aliphatic rings. The molecule has 12 heteroatoms. The Morgan fingerprint density at radius 2 is 1.57 bits per heavy atom. The second kappa shape index (κ2) is 12.9. The minimum atomic E-state index is -1.10. The van der Waals surface area contributed by atoms with E-state index in [2.05, 4.69) is 5.32 Å². The van der Waals surface area contributed by atoms with Crippen LogP contribution in [0.15, 0.2) is 48.5 Å². The molecule has 0 aliphatic carbocycles. The van der Waals surface area contributed by atoms with Crippen LogP contribution in [0.3, 0.4) is 0 Å². The van der Waals surface area contributed by atoms with Crippen LogP contribution in [0.1, 0.15) is 83.8 Å². The number of nitrogens with one attached hydrogen (secondary N) is 1. The number of hydrogen-bond acceptors (Lipinski definition) is 10. The summed E-state index contributed by atoms with van der Waals surface area (Å²) in [6, 6.07) is 13.8. The number of esters is 2. The van der Waals surface area contributed by atoms with Crippen molar-refractivity contribution >= 4 is 46.0 Å². The zero-order chi connectivity index (χ0) is 34.3. The zero-order valence-corrected chi connectivity index (χ0v) is 28.4. The highest BCUT2D eigenvalue weighted by molar-refractivity contribution is 7.17. The number of ether oxygens (including phenoxy) is 3. The van der Waals surface area contributed by atoms with Crippen molar-refractivity contribution in [3.05, 3.63) is 81.2 Å². The molecule has 3 amide bonds. The van der Waals surface area contributed by atoms with E-state index < -0.39 is 41.0 Å². The molecule has 0 saturated heterocycles. The number of imide groups is 1. The Kier molecular flexibility index (Phi) is 9.29. The van der Waals surface area contributed by atoms with Crippen LogP contribution in [-0.2, 0) is 49.9 Å². The minimum absolute atomic E-state index is 0.0673. The maximum absolute atomic E-state index is 14.3. The molecular formula is C35H39N3O8S. The van der Waals surface area contributed by atoms with Gasteiger partial charge in [0.05, 0.1) is 25.3 Å². The SMILES string of the molecule is COc1ccc(CN2Cc3sc(NC(=O)C(=O)OC(C)(C)C)c(C(=O)OC(C)(C)C)c3CC2C(=O)N2Cc3ccccc3C2=O)cc1. The molecule has 2 aromatic carbocycles. The number of amides is 3. The van der Waals surface area contributed by atoms with Crippen molar-refractivity contribution in [3.63, 3.8) is 0 Å². The van der Waals surface area contributed by atoms with Gasteiger partial charge in [0.15, 0.2) is 0 Å². The number of carbonyl (C=O) groups is 5. The number of methoxy groups -OCH3 is 1. The Balaban J connectivity index is 1.54. The monoisotopic (exact) mass is 661 g/mol. The van der Waals surface area contributed by atoms with E-state index in [1.54, 1.807) is 60.8 Å². The average Bonchev–Trinajstić information content (AvgIpc) is 3.51. The molecule has 0 saturated carbocycles. The Hall–Kier alpha value is -4.55. The van der Waals surface area contributed by atoms with Crippen LogP contribution in [-0.4, -0.2) is 63.8 Å². The maximum atomic E-state index is 14.3. The van der Waals surface area contributed by atoms with Crippen molar-refractivity contribution in [2.75, 3.05) is 12.4 Å². The van der Waals surface area contributed by atoms with Gasteiger partial charge in [-0.3, -0.25) is 24.2 Å². The lowest BCUT2D eigenvalue weighted by molar-refractivity contribution is -0.161. The van der Waals surface area contributed by atoms with Crippen molar-refractivity contribution in [2.24, 2.45) is 0 Å². The summed E-state index contributed by atoms with van der Waals surface area (Å²) in [5.41, 5.74) is 0.991. The topological polar surface area (TPSA) is 132 Å². The van der Waals surface area contributed by atoms with E-state index in [-0.39, 0.29) is 36.0 Å². The van der Waals surface area contributed by atoms with Crippen molar-refractivity contribution in [2.45, 2.75) is 84.8 Å². The van der Waals surface area contributed by atoms with Crippen LogP contribution in [0, 0.1) is 0 Å². The van der Waals surface area contributed by atoms with Gasteiger partial charge in [-0.05, 0) is 82.9 Å². The number of anilines is 1. The van der Waals surface area contributed by atoms with Gasteiger partial charge in [0, 0.05) is 23.5 Å². The first-order valence-electron chi connectivity index (χ1n) is 15.3. The van der Waals surface area contributed by atoms with E-state index in [1.807, 2.05) is 41.3 Å². The highest BCUT2D eigenvalue weighted by Gasteiger charge is 2.43. The number of thiophene rings is 1. The number of fused-ring (bicyclic) bond motifs is 2. The van der Waals surface area contributed by atoms with Gasteiger partial charge < -0.3 is 19.5 Å². The van der Waals surface area contributed by atoms with Crippen molar-refractivity contribution in [1.82, 2.24) is 9.80 Å². The third-order valence-electron chi connectivity index (χ3n) is 7.61. The molecular weight excluding hydrogens is 622 g/mol. The zero-order valence-electron chi connectivity index (χ0n) is 27.6. The van der Waals surface area contributed by atoms with Gasteiger partial charge in [0.1, 0.15) is 22.0 Å². The van der Waals surface area contributed by atoms with E-state index in [0.717, 1.165) is 27.3 Å². The number of benzene rings is 2. The molecule has 3 aromatic rings. The number of hydrogen-bond donors (Lipinski definition) is 1. The minimum Gasteiger partial charge on any atom is -0.497 e. The lowest BCUT2D eigenvalue weighted by Crippen LogP contribution is -2.51. The van der Waals surface area contributed by atoms with E-state index >= 15 is 0 Å². The quantitative estimate of drug-likeness (QED) is 0.218. The number of rotatable bonds is 6. The van der Waals surface area contributed by atoms with Crippen molar-refractivity contribution in [3.8, 4) is 5.75 Å². The molecule has 2 aliphatic heterocycles. The van der Waals surface area contributed by atoms with Crippen LogP contribution in [0.25, 0.3) is 0 Å². The molecule has 1 atom stereocenters. The molecule has 0 bridgehead atoms. The van der Waals surface area contributed by atoms with E-state index in [0.29, 0.717) is 23.4 Å². The summed E-state index contributed by atoms with van der Waals surface area (Å²) in [4.78, 5) is 70.9. The van der Waals surface area contributed by atoms with Crippen LogP contribution in [0.5, 0.6) is 5.75 Å². The summed E-state index contributed by atoms with van der Waals surface area (Å²) >= 11 is 1.14. The van der Waals surface area contributed by atoms with E-state index in [4.69, 9.17) is 14.2 Å². The normalized spacial score (nSPS) is 16.3. The molecule has 5 rings (SSSR count). The van der Waals surface area contributed by atoms with Crippen LogP contribution in [0.4, 0.5) is 5.00 Å². The summed E-state index contributed by atoms with van der Waals surface area (Å²) in [5, 5.41) is 2.70. The molecule has 3 heterocycles. The Bertz CT molecular complexity index is 1730. The van der Waals surface area contributed by atoms with Crippen LogP contribution in [0.2, 0.25) is 0 Å². The first-order valence-corrected chi connectivity index (χ1v) is 16.1. The first-order chi connectivity index (χ1) is 22.0. The highest BCUT2D eigenvalue weighted by Crippen LogP contribution is 2.41.